The Bertz CT molecular complexity index is 295. The third kappa shape index (κ3) is 1.71. The van der Waals surface area contributed by atoms with Crippen LogP contribution in [0.3, 0.4) is 0 Å². The first-order valence-corrected chi connectivity index (χ1v) is 15.7. The maximum atomic E-state index is 2.55. The first kappa shape index (κ1) is 9.39. The van der Waals surface area contributed by atoms with Crippen molar-refractivity contribution < 1.29 is 20.0 Å². The minimum absolute atomic E-state index is 1.23. The van der Waals surface area contributed by atoms with E-state index in [2.05, 4.69) is 45.8 Å². The summed E-state index contributed by atoms with van der Waals surface area (Å²) < 4.78 is 8.62. The average molecular weight is 339 g/mol. The van der Waals surface area contributed by atoms with E-state index in [-0.39, 0.29) is 0 Å². The van der Waals surface area contributed by atoms with Gasteiger partial charge in [-0.15, -0.1) is 0 Å². The van der Waals surface area contributed by atoms with Gasteiger partial charge in [0.1, 0.15) is 0 Å². The molecule has 68 valence electrons. The number of rotatable bonds is 2. The molecule has 2 aliphatic carbocycles. The molecule has 0 aromatic heterocycles. The Morgan fingerprint density at radius 1 is 0.923 bits per heavy atom. The van der Waals surface area contributed by atoms with Crippen LogP contribution >= 0.6 is 0 Å². The van der Waals surface area contributed by atoms with Crippen LogP contribution < -0.4 is 0 Å². The Morgan fingerprint density at radius 3 is 1.69 bits per heavy atom. The Hall–Kier alpha value is -0.170. The van der Waals surface area contributed by atoms with Crippen molar-refractivity contribution in [3.05, 3.63) is 43.1 Å². The second-order valence-corrected chi connectivity index (χ2v) is 20.6. The predicted octanol–water partition coefficient (Wildman–Crippen LogP) is 3.92. The van der Waals surface area contributed by atoms with Crippen LogP contribution in [0, 0.1) is 0 Å². The molecule has 0 amide bonds. The number of hydrogen-bond acceptors (Lipinski definition) is 0. The van der Waals surface area contributed by atoms with Gasteiger partial charge in [0.05, 0.1) is 0 Å². The van der Waals surface area contributed by atoms with Crippen LogP contribution in [-0.4, -0.2) is 0 Å². The molecule has 0 atom stereocenters. The fourth-order valence-electron chi connectivity index (χ4n) is 2.03. The molecule has 0 saturated heterocycles. The molecule has 0 nitrogen and oxygen atoms in total. The van der Waals surface area contributed by atoms with Crippen molar-refractivity contribution in [2.24, 2.45) is 0 Å². The van der Waals surface area contributed by atoms with Crippen LogP contribution in [0.2, 0.25) is 9.36 Å². The summed E-state index contributed by atoms with van der Waals surface area (Å²) in [6, 6.07) is 0. The van der Waals surface area contributed by atoms with E-state index >= 15 is 0 Å². The standard InChI is InChI=1S/2C5H5.2CH3.Hf/c2*1-2-4-5-3-1;;;/h2*1-3H,4H2;2*1H3;. The van der Waals surface area contributed by atoms with Crippen LogP contribution in [0.15, 0.2) is 43.1 Å². The van der Waals surface area contributed by atoms with E-state index in [1.165, 1.54) is 12.8 Å². The second kappa shape index (κ2) is 3.53. The molecule has 0 spiro atoms. The summed E-state index contributed by atoms with van der Waals surface area (Å²) in [7, 11) is 0. The first-order valence-electron chi connectivity index (χ1n) is 4.93. The van der Waals surface area contributed by atoms with Gasteiger partial charge in [-0.1, -0.05) is 0 Å². The molecule has 0 heterocycles. The second-order valence-electron chi connectivity index (χ2n) is 4.27. The van der Waals surface area contributed by atoms with E-state index in [4.69, 9.17) is 0 Å². The summed E-state index contributed by atoms with van der Waals surface area (Å²) in [5.74, 6) is 0. The third-order valence-electron chi connectivity index (χ3n) is 3.15. The number of hydrogen-bond donors (Lipinski definition) is 0. The van der Waals surface area contributed by atoms with Gasteiger partial charge in [0, 0.05) is 0 Å². The van der Waals surface area contributed by atoms with Crippen molar-refractivity contribution in [3.8, 4) is 0 Å². The van der Waals surface area contributed by atoms with Gasteiger partial charge in [0.25, 0.3) is 0 Å². The Labute approximate surface area is 85.0 Å². The quantitative estimate of drug-likeness (QED) is 0.669. The summed E-state index contributed by atoms with van der Waals surface area (Å²) in [6.07, 6.45) is 16.2. The molecule has 0 aliphatic heterocycles. The molecular formula is C12H16Hf. The summed E-state index contributed by atoms with van der Waals surface area (Å²) in [5.41, 5.74) is 0. The molecule has 0 bridgehead atoms. The third-order valence-corrected chi connectivity index (χ3v) is 17.3. The fraction of sp³-hybridized carbons (Fsp3) is 0.333. The topological polar surface area (TPSA) is 0 Å². The van der Waals surface area contributed by atoms with Gasteiger partial charge in [-0.25, -0.2) is 0 Å². The molecule has 2 rings (SSSR count). The van der Waals surface area contributed by atoms with Crippen molar-refractivity contribution in [2.45, 2.75) is 22.2 Å². The van der Waals surface area contributed by atoms with Crippen molar-refractivity contribution in [2.75, 3.05) is 0 Å². The van der Waals surface area contributed by atoms with E-state index in [0.29, 0.717) is 0 Å². The van der Waals surface area contributed by atoms with Gasteiger partial charge in [-0.2, -0.15) is 0 Å². The molecular weight excluding hydrogens is 323 g/mol. The van der Waals surface area contributed by atoms with Crippen LogP contribution in [0.4, 0.5) is 0 Å². The van der Waals surface area contributed by atoms with Gasteiger partial charge in [-0.3, -0.25) is 0 Å². The van der Waals surface area contributed by atoms with Gasteiger partial charge in [0.2, 0.25) is 0 Å². The summed E-state index contributed by atoms with van der Waals surface area (Å²) in [5, 5.41) is 0. The zero-order chi connectivity index (χ0) is 9.31. The Morgan fingerprint density at radius 2 is 1.38 bits per heavy atom. The molecule has 0 saturated carbocycles. The maximum absolute atomic E-state index is 2.55. The van der Waals surface area contributed by atoms with Gasteiger partial charge in [-0.05, 0) is 0 Å². The van der Waals surface area contributed by atoms with E-state index in [1.807, 2.05) is 0 Å². The molecule has 0 radical (unpaired) electrons. The van der Waals surface area contributed by atoms with Crippen molar-refractivity contribution in [1.82, 2.24) is 0 Å². The van der Waals surface area contributed by atoms with Crippen molar-refractivity contribution in [1.29, 1.82) is 0 Å². The molecule has 13 heavy (non-hydrogen) atoms. The van der Waals surface area contributed by atoms with E-state index in [0.717, 1.165) is 0 Å². The predicted molar refractivity (Wildman–Crippen MR) is 55.4 cm³/mol. The Balaban J connectivity index is 2.20. The Kier molecular flexibility index (Phi) is 2.55. The van der Waals surface area contributed by atoms with Crippen LogP contribution in [0.1, 0.15) is 12.8 Å². The summed E-state index contributed by atoms with van der Waals surface area (Å²) >= 11 is -2.14. The van der Waals surface area contributed by atoms with E-state index in [1.54, 1.807) is 6.66 Å². The fourth-order valence-corrected chi connectivity index (χ4v) is 11.7. The van der Waals surface area contributed by atoms with Gasteiger partial charge < -0.3 is 0 Å². The van der Waals surface area contributed by atoms with Crippen LogP contribution in [0.25, 0.3) is 0 Å². The van der Waals surface area contributed by atoms with Crippen LogP contribution in [-0.2, 0) is 20.0 Å². The summed E-state index contributed by atoms with van der Waals surface area (Å²) in [4.78, 5) is 0. The molecule has 0 unspecified atom stereocenters. The first-order chi connectivity index (χ1) is 6.21. The molecule has 0 N–H and O–H groups in total. The van der Waals surface area contributed by atoms with Crippen molar-refractivity contribution in [3.63, 3.8) is 0 Å². The van der Waals surface area contributed by atoms with E-state index < -0.39 is 20.0 Å². The summed E-state index contributed by atoms with van der Waals surface area (Å²) in [6.45, 7) is 0. The SMILES string of the molecule is [CH3][Hf]([CH3])([C]1=CC=CC1)[C]1=CC=CC1. The molecule has 0 fully saturated rings. The zero-order valence-corrected chi connectivity index (χ0v) is 12.0. The minimum atomic E-state index is -2.14. The molecule has 2 aliphatic rings. The molecule has 0 aromatic rings. The van der Waals surface area contributed by atoms with Gasteiger partial charge in [0.15, 0.2) is 0 Å². The normalized spacial score (nSPS) is 20.8. The van der Waals surface area contributed by atoms with E-state index in [9.17, 15) is 0 Å². The van der Waals surface area contributed by atoms with Crippen molar-refractivity contribution >= 4 is 0 Å². The molecule has 0 aromatic carbocycles. The van der Waals surface area contributed by atoms with Crippen LogP contribution in [0.5, 0.6) is 0 Å². The van der Waals surface area contributed by atoms with Gasteiger partial charge >= 0.3 is 85.3 Å². The zero-order valence-electron chi connectivity index (χ0n) is 8.38. The monoisotopic (exact) mass is 340 g/mol. The number of allylic oxidation sites excluding steroid dienone is 8. The average Bonchev–Trinajstić information content (AvgIpc) is 2.78. The molecule has 1 heteroatoms.